The number of aromatic nitrogens is 2. The average Bonchev–Trinajstić information content (AvgIpc) is 2.30. The normalized spacial score (nSPS) is 12.4. The first-order valence-corrected chi connectivity index (χ1v) is 5.44. The van der Waals surface area contributed by atoms with Crippen LogP contribution in [0.3, 0.4) is 0 Å². The van der Waals surface area contributed by atoms with Crippen molar-refractivity contribution >= 4 is 15.9 Å². The molecule has 0 aromatic carbocycles. The fraction of sp³-hybridized carbons (Fsp3) is 0.0909. The van der Waals surface area contributed by atoms with Gasteiger partial charge in [0.1, 0.15) is 5.82 Å². The lowest BCUT2D eigenvalue weighted by atomic mass is 10.1. The standard InChI is InChI=1S/C11H9BrFN3/c12-7-1-2-10(16-5-7)11(14)8-3-4-15-6-9(8)13/h1-6,11H,14H2. The predicted octanol–water partition coefficient (Wildman–Crippen LogP) is 2.43. The Bertz CT molecular complexity index is 487. The lowest BCUT2D eigenvalue weighted by Crippen LogP contribution is -2.15. The predicted molar refractivity (Wildman–Crippen MR) is 62.2 cm³/mol. The minimum absolute atomic E-state index is 0.393. The van der Waals surface area contributed by atoms with Crippen molar-refractivity contribution in [2.45, 2.75) is 6.04 Å². The van der Waals surface area contributed by atoms with Gasteiger partial charge in [0, 0.05) is 22.4 Å². The maximum absolute atomic E-state index is 13.4. The zero-order valence-corrected chi connectivity index (χ0v) is 9.86. The van der Waals surface area contributed by atoms with Crippen molar-refractivity contribution in [1.29, 1.82) is 0 Å². The van der Waals surface area contributed by atoms with Crippen LogP contribution in [0.1, 0.15) is 17.3 Å². The molecule has 0 saturated heterocycles. The zero-order valence-electron chi connectivity index (χ0n) is 8.27. The second-order valence-electron chi connectivity index (χ2n) is 3.28. The molecule has 0 saturated carbocycles. The molecule has 2 aromatic heterocycles. The molecule has 82 valence electrons. The Morgan fingerprint density at radius 2 is 2.06 bits per heavy atom. The molecule has 0 aliphatic carbocycles. The Hall–Kier alpha value is -1.33. The molecule has 5 heteroatoms. The summed E-state index contributed by atoms with van der Waals surface area (Å²) in [6, 6.07) is 4.57. The van der Waals surface area contributed by atoms with Gasteiger partial charge in [-0.05, 0) is 34.1 Å². The third kappa shape index (κ3) is 2.25. The van der Waals surface area contributed by atoms with Crippen LogP contribution in [-0.2, 0) is 0 Å². The smallest absolute Gasteiger partial charge is 0.146 e. The molecule has 0 radical (unpaired) electrons. The van der Waals surface area contributed by atoms with Crippen LogP contribution in [0.5, 0.6) is 0 Å². The van der Waals surface area contributed by atoms with Gasteiger partial charge in [-0.25, -0.2) is 4.39 Å². The summed E-state index contributed by atoms with van der Waals surface area (Å²) in [5.74, 6) is -0.417. The Kier molecular flexibility index (Phi) is 3.26. The molecule has 0 aliphatic heterocycles. The lowest BCUT2D eigenvalue weighted by Gasteiger charge is -2.11. The van der Waals surface area contributed by atoms with Gasteiger partial charge in [0.2, 0.25) is 0 Å². The van der Waals surface area contributed by atoms with Gasteiger partial charge >= 0.3 is 0 Å². The second-order valence-corrected chi connectivity index (χ2v) is 4.19. The zero-order chi connectivity index (χ0) is 11.5. The number of nitrogens with zero attached hydrogens (tertiary/aromatic N) is 2. The van der Waals surface area contributed by atoms with Crippen molar-refractivity contribution < 1.29 is 4.39 Å². The minimum atomic E-state index is -0.573. The van der Waals surface area contributed by atoms with E-state index in [2.05, 4.69) is 25.9 Å². The molecule has 0 fully saturated rings. The number of rotatable bonds is 2. The molecule has 0 spiro atoms. The molecule has 2 N–H and O–H groups in total. The summed E-state index contributed by atoms with van der Waals surface area (Å²) in [6.07, 6.45) is 4.29. The van der Waals surface area contributed by atoms with E-state index in [9.17, 15) is 4.39 Å². The van der Waals surface area contributed by atoms with E-state index in [1.165, 1.54) is 6.20 Å². The van der Waals surface area contributed by atoms with Gasteiger partial charge in [0.15, 0.2) is 0 Å². The quantitative estimate of drug-likeness (QED) is 0.920. The van der Waals surface area contributed by atoms with Gasteiger partial charge in [-0.1, -0.05) is 0 Å². The summed E-state index contributed by atoms with van der Waals surface area (Å²) in [4.78, 5) is 7.81. The molecule has 2 aromatic rings. The van der Waals surface area contributed by atoms with E-state index in [1.54, 1.807) is 18.3 Å². The molecule has 3 nitrogen and oxygen atoms in total. The number of nitrogens with two attached hydrogens (primary N) is 1. The third-order valence-corrected chi connectivity index (χ3v) is 2.68. The van der Waals surface area contributed by atoms with Crippen LogP contribution in [0.15, 0.2) is 41.3 Å². The molecule has 0 aliphatic rings. The SMILES string of the molecule is NC(c1ccc(Br)cn1)c1ccncc1F. The highest BCUT2D eigenvalue weighted by atomic mass is 79.9. The summed E-state index contributed by atoms with van der Waals surface area (Å²) in [5, 5.41) is 0. The average molecular weight is 282 g/mol. The number of pyridine rings is 2. The van der Waals surface area contributed by atoms with Crippen LogP contribution in [0.2, 0.25) is 0 Å². The maximum atomic E-state index is 13.4. The van der Waals surface area contributed by atoms with Crippen molar-refractivity contribution in [3.8, 4) is 0 Å². The molecular weight excluding hydrogens is 273 g/mol. The van der Waals surface area contributed by atoms with Gasteiger partial charge in [-0.3, -0.25) is 9.97 Å². The summed E-state index contributed by atoms with van der Waals surface area (Å²) in [5.41, 5.74) is 6.93. The van der Waals surface area contributed by atoms with Gasteiger partial charge < -0.3 is 5.73 Å². The first kappa shape index (κ1) is 11.2. The van der Waals surface area contributed by atoms with Crippen LogP contribution in [-0.4, -0.2) is 9.97 Å². The highest BCUT2D eigenvalue weighted by Crippen LogP contribution is 2.20. The van der Waals surface area contributed by atoms with Gasteiger partial charge in [-0.2, -0.15) is 0 Å². The van der Waals surface area contributed by atoms with Crippen molar-refractivity contribution in [3.63, 3.8) is 0 Å². The highest BCUT2D eigenvalue weighted by molar-refractivity contribution is 9.10. The Balaban J connectivity index is 2.35. The van der Waals surface area contributed by atoms with E-state index in [4.69, 9.17) is 5.73 Å². The topological polar surface area (TPSA) is 51.8 Å². The van der Waals surface area contributed by atoms with Crippen molar-refractivity contribution in [2.75, 3.05) is 0 Å². The van der Waals surface area contributed by atoms with E-state index >= 15 is 0 Å². The second kappa shape index (κ2) is 4.67. The molecule has 0 bridgehead atoms. The molecule has 16 heavy (non-hydrogen) atoms. The molecular formula is C11H9BrFN3. The fourth-order valence-corrected chi connectivity index (χ4v) is 1.60. The number of hydrogen-bond donors (Lipinski definition) is 1. The number of halogens is 2. The third-order valence-electron chi connectivity index (χ3n) is 2.21. The maximum Gasteiger partial charge on any atom is 0.146 e. The largest absolute Gasteiger partial charge is 0.319 e. The lowest BCUT2D eigenvalue weighted by molar-refractivity contribution is 0.591. The number of hydrogen-bond acceptors (Lipinski definition) is 3. The molecule has 0 amide bonds. The Morgan fingerprint density at radius 1 is 1.25 bits per heavy atom. The minimum Gasteiger partial charge on any atom is -0.319 e. The summed E-state index contributed by atoms with van der Waals surface area (Å²) in [7, 11) is 0. The van der Waals surface area contributed by atoms with E-state index in [-0.39, 0.29) is 0 Å². The van der Waals surface area contributed by atoms with E-state index in [1.807, 2.05) is 6.07 Å². The van der Waals surface area contributed by atoms with Crippen molar-refractivity contribution in [1.82, 2.24) is 9.97 Å². The summed E-state index contributed by atoms with van der Waals surface area (Å²) < 4.78 is 14.3. The molecule has 1 unspecified atom stereocenters. The van der Waals surface area contributed by atoms with Crippen molar-refractivity contribution in [2.24, 2.45) is 5.73 Å². The van der Waals surface area contributed by atoms with Crippen LogP contribution in [0.4, 0.5) is 4.39 Å². The first-order valence-electron chi connectivity index (χ1n) is 4.65. The van der Waals surface area contributed by atoms with Gasteiger partial charge in [0.05, 0.1) is 17.9 Å². The Morgan fingerprint density at radius 3 is 2.69 bits per heavy atom. The first-order chi connectivity index (χ1) is 7.68. The molecule has 1 atom stereocenters. The van der Waals surface area contributed by atoms with E-state index < -0.39 is 11.9 Å². The molecule has 2 heterocycles. The molecule has 2 rings (SSSR count). The van der Waals surface area contributed by atoms with Crippen LogP contribution in [0.25, 0.3) is 0 Å². The van der Waals surface area contributed by atoms with Crippen LogP contribution in [0, 0.1) is 5.82 Å². The summed E-state index contributed by atoms with van der Waals surface area (Å²) in [6.45, 7) is 0. The summed E-state index contributed by atoms with van der Waals surface area (Å²) >= 11 is 3.28. The van der Waals surface area contributed by atoms with E-state index in [0.717, 1.165) is 10.7 Å². The van der Waals surface area contributed by atoms with Crippen LogP contribution < -0.4 is 5.73 Å². The Labute approximate surface area is 101 Å². The van der Waals surface area contributed by atoms with Gasteiger partial charge in [-0.15, -0.1) is 0 Å². The highest BCUT2D eigenvalue weighted by Gasteiger charge is 2.14. The monoisotopic (exact) mass is 281 g/mol. The van der Waals surface area contributed by atoms with Crippen molar-refractivity contribution in [3.05, 3.63) is 58.3 Å². The van der Waals surface area contributed by atoms with E-state index in [0.29, 0.717) is 11.3 Å². The fourth-order valence-electron chi connectivity index (χ4n) is 1.37. The van der Waals surface area contributed by atoms with Gasteiger partial charge in [0.25, 0.3) is 0 Å². The van der Waals surface area contributed by atoms with Crippen LogP contribution >= 0.6 is 15.9 Å².